The molecule has 3 nitrogen and oxygen atoms in total. The average Bonchev–Trinajstić information content (AvgIpc) is 2.48. The maximum atomic E-state index is 6.22. The van der Waals surface area contributed by atoms with Crippen molar-refractivity contribution < 1.29 is 9.47 Å². The van der Waals surface area contributed by atoms with E-state index in [4.69, 9.17) is 9.47 Å². The molecule has 0 bridgehead atoms. The van der Waals surface area contributed by atoms with E-state index in [1.165, 1.54) is 57.8 Å². The van der Waals surface area contributed by atoms with Gasteiger partial charge in [-0.25, -0.2) is 0 Å². The molecule has 20 heavy (non-hydrogen) atoms. The van der Waals surface area contributed by atoms with Crippen molar-refractivity contribution >= 4 is 0 Å². The fourth-order valence-corrected chi connectivity index (χ4v) is 4.12. The second-order valence-electron chi connectivity index (χ2n) is 6.58. The molecule has 2 fully saturated rings. The van der Waals surface area contributed by atoms with Gasteiger partial charge in [0, 0.05) is 25.9 Å². The van der Waals surface area contributed by atoms with Crippen LogP contribution in [0.3, 0.4) is 0 Å². The van der Waals surface area contributed by atoms with Gasteiger partial charge in [-0.2, -0.15) is 0 Å². The van der Waals surface area contributed by atoms with Crippen molar-refractivity contribution in [2.24, 2.45) is 5.92 Å². The normalized spacial score (nSPS) is 27.6. The van der Waals surface area contributed by atoms with Gasteiger partial charge < -0.3 is 14.8 Å². The lowest BCUT2D eigenvalue weighted by Crippen LogP contribution is -2.47. The number of rotatable bonds is 7. The van der Waals surface area contributed by atoms with Crippen LogP contribution in [0.25, 0.3) is 0 Å². The summed E-state index contributed by atoms with van der Waals surface area (Å²) < 4.78 is 11.7. The van der Waals surface area contributed by atoms with Gasteiger partial charge in [0.25, 0.3) is 0 Å². The third-order valence-electron chi connectivity index (χ3n) is 5.24. The first-order valence-corrected chi connectivity index (χ1v) is 8.68. The fourth-order valence-electron chi connectivity index (χ4n) is 4.12. The van der Waals surface area contributed by atoms with Crippen molar-refractivity contribution in [2.75, 3.05) is 26.9 Å². The van der Waals surface area contributed by atoms with E-state index in [2.05, 4.69) is 19.3 Å². The molecule has 1 saturated carbocycles. The molecular formula is C17H33NO2. The van der Waals surface area contributed by atoms with E-state index in [1.54, 1.807) is 0 Å². The summed E-state index contributed by atoms with van der Waals surface area (Å²) in [5.41, 5.74) is 0.232. The Hall–Kier alpha value is -0.120. The maximum absolute atomic E-state index is 6.22. The summed E-state index contributed by atoms with van der Waals surface area (Å²) >= 11 is 0. The molecule has 0 radical (unpaired) electrons. The molecule has 1 saturated heterocycles. The zero-order valence-electron chi connectivity index (χ0n) is 13.5. The minimum Gasteiger partial charge on any atom is -0.382 e. The zero-order chi connectivity index (χ0) is 14.3. The molecule has 2 unspecified atom stereocenters. The summed E-state index contributed by atoms with van der Waals surface area (Å²) in [6.45, 7) is 4.78. The molecule has 1 N–H and O–H groups in total. The summed E-state index contributed by atoms with van der Waals surface area (Å²) in [6.07, 6.45) is 11.6. The Balaban J connectivity index is 1.82. The van der Waals surface area contributed by atoms with Crippen LogP contribution in [0.2, 0.25) is 0 Å². The molecule has 3 heteroatoms. The van der Waals surface area contributed by atoms with E-state index >= 15 is 0 Å². The summed E-state index contributed by atoms with van der Waals surface area (Å²) in [6, 6.07) is 0.637. The van der Waals surface area contributed by atoms with Gasteiger partial charge in [0.2, 0.25) is 0 Å². The van der Waals surface area contributed by atoms with E-state index in [9.17, 15) is 0 Å². The van der Waals surface area contributed by atoms with Crippen molar-refractivity contribution in [1.82, 2.24) is 5.32 Å². The Morgan fingerprint density at radius 2 is 2.10 bits per heavy atom. The van der Waals surface area contributed by atoms with Crippen molar-refractivity contribution in [1.29, 1.82) is 0 Å². The summed E-state index contributed by atoms with van der Waals surface area (Å²) in [7, 11) is 2.12. The van der Waals surface area contributed by atoms with Crippen LogP contribution >= 0.6 is 0 Å². The quantitative estimate of drug-likeness (QED) is 0.725. The van der Waals surface area contributed by atoms with E-state index in [0.29, 0.717) is 6.04 Å². The molecule has 2 rings (SSSR count). The second-order valence-corrected chi connectivity index (χ2v) is 6.58. The molecule has 118 valence electrons. The Labute approximate surface area is 124 Å². The number of hydrogen-bond donors (Lipinski definition) is 1. The van der Waals surface area contributed by atoms with Crippen LogP contribution in [-0.4, -0.2) is 38.5 Å². The maximum Gasteiger partial charge on any atom is 0.0685 e. The highest BCUT2D eigenvalue weighted by Crippen LogP contribution is 2.41. The highest BCUT2D eigenvalue weighted by Gasteiger charge is 2.40. The number of ether oxygens (including phenoxy) is 2. The van der Waals surface area contributed by atoms with Crippen LogP contribution in [0.4, 0.5) is 0 Å². The molecule has 0 aromatic heterocycles. The van der Waals surface area contributed by atoms with Gasteiger partial charge >= 0.3 is 0 Å². The topological polar surface area (TPSA) is 30.5 Å². The van der Waals surface area contributed by atoms with Gasteiger partial charge in [-0.1, -0.05) is 19.3 Å². The third kappa shape index (κ3) is 4.44. The Kier molecular flexibility index (Phi) is 6.79. The van der Waals surface area contributed by atoms with Crippen LogP contribution in [0.1, 0.15) is 64.7 Å². The SMILES string of the molecule is CCOCCCC(NC)C1CCOC2(CCCCC2)C1. The minimum absolute atomic E-state index is 0.232. The predicted molar refractivity (Wildman–Crippen MR) is 83.1 cm³/mol. The molecule has 2 atom stereocenters. The van der Waals surface area contributed by atoms with Gasteiger partial charge in [0.15, 0.2) is 0 Å². The average molecular weight is 283 g/mol. The van der Waals surface area contributed by atoms with Crippen molar-refractivity contribution in [3.05, 3.63) is 0 Å². The van der Waals surface area contributed by atoms with Gasteiger partial charge in [0.1, 0.15) is 0 Å². The molecule has 0 aromatic rings. The second kappa shape index (κ2) is 8.35. The summed E-state index contributed by atoms with van der Waals surface area (Å²) in [4.78, 5) is 0. The summed E-state index contributed by atoms with van der Waals surface area (Å²) in [5.74, 6) is 0.786. The van der Waals surface area contributed by atoms with Crippen molar-refractivity contribution in [2.45, 2.75) is 76.4 Å². The van der Waals surface area contributed by atoms with Crippen molar-refractivity contribution in [3.8, 4) is 0 Å². The monoisotopic (exact) mass is 283 g/mol. The summed E-state index contributed by atoms with van der Waals surface area (Å²) in [5, 5.41) is 3.56. The first-order chi connectivity index (χ1) is 9.79. The Morgan fingerprint density at radius 1 is 1.30 bits per heavy atom. The third-order valence-corrected chi connectivity index (χ3v) is 5.24. The first-order valence-electron chi connectivity index (χ1n) is 8.68. The Morgan fingerprint density at radius 3 is 2.80 bits per heavy atom. The van der Waals surface area contributed by atoms with E-state index in [1.807, 2.05) is 0 Å². The van der Waals surface area contributed by atoms with Gasteiger partial charge in [0.05, 0.1) is 5.60 Å². The standard InChI is InChI=1S/C17H33NO2/c1-3-19-12-7-8-16(18-2)15-9-13-20-17(14-15)10-5-4-6-11-17/h15-16,18H,3-14H2,1-2H3. The van der Waals surface area contributed by atoms with Crippen LogP contribution < -0.4 is 5.32 Å². The molecule has 1 aliphatic carbocycles. The predicted octanol–water partition coefficient (Wildman–Crippen LogP) is 3.52. The largest absolute Gasteiger partial charge is 0.382 e. The fraction of sp³-hybridized carbons (Fsp3) is 1.00. The highest BCUT2D eigenvalue weighted by atomic mass is 16.5. The molecule has 0 aromatic carbocycles. The van der Waals surface area contributed by atoms with Gasteiger partial charge in [-0.15, -0.1) is 0 Å². The van der Waals surface area contributed by atoms with Crippen LogP contribution in [0, 0.1) is 5.92 Å². The minimum atomic E-state index is 0.232. The molecule has 1 aliphatic heterocycles. The van der Waals surface area contributed by atoms with Crippen molar-refractivity contribution in [3.63, 3.8) is 0 Å². The molecule has 2 aliphatic rings. The lowest BCUT2D eigenvalue weighted by atomic mass is 9.73. The Bertz CT molecular complexity index is 258. The van der Waals surface area contributed by atoms with E-state index < -0.39 is 0 Å². The zero-order valence-corrected chi connectivity index (χ0v) is 13.5. The first kappa shape index (κ1) is 16.3. The smallest absolute Gasteiger partial charge is 0.0685 e. The van der Waals surface area contributed by atoms with E-state index in [-0.39, 0.29) is 5.60 Å². The molecular weight excluding hydrogens is 250 g/mol. The van der Waals surface area contributed by atoms with Crippen LogP contribution in [0.5, 0.6) is 0 Å². The lowest BCUT2D eigenvalue weighted by Gasteiger charge is -2.45. The van der Waals surface area contributed by atoms with E-state index in [0.717, 1.165) is 25.7 Å². The van der Waals surface area contributed by atoms with Crippen LogP contribution in [-0.2, 0) is 9.47 Å². The number of nitrogens with one attached hydrogen (secondary N) is 1. The highest BCUT2D eigenvalue weighted by molar-refractivity contribution is 4.92. The molecule has 1 heterocycles. The molecule has 0 amide bonds. The molecule has 1 spiro atoms. The lowest BCUT2D eigenvalue weighted by molar-refractivity contribution is -0.122. The van der Waals surface area contributed by atoms with Crippen LogP contribution in [0.15, 0.2) is 0 Å². The van der Waals surface area contributed by atoms with Gasteiger partial charge in [-0.3, -0.25) is 0 Å². The number of hydrogen-bond acceptors (Lipinski definition) is 3. The van der Waals surface area contributed by atoms with Gasteiger partial charge in [-0.05, 0) is 58.4 Å².